The van der Waals surface area contributed by atoms with Crippen molar-refractivity contribution in [3.63, 3.8) is 0 Å². The van der Waals surface area contributed by atoms with E-state index in [1.165, 1.54) is 49.6 Å². The summed E-state index contributed by atoms with van der Waals surface area (Å²) in [5.41, 5.74) is 0.0647. The third-order valence-electron chi connectivity index (χ3n) is 3.85. The molecule has 0 aromatic heterocycles. The molecule has 3 aromatic carbocycles. The Morgan fingerprint density at radius 1 is 1.08 bits per heavy atom. The van der Waals surface area contributed by atoms with Gasteiger partial charge in [0.2, 0.25) is 10.0 Å². The molecule has 0 aliphatic carbocycles. The number of benzene rings is 3. The molecule has 3 aromatic rings. The van der Waals surface area contributed by atoms with Crippen LogP contribution in [-0.4, -0.2) is 21.3 Å². The van der Waals surface area contributed by atoms with Crippen LogP contribution in [0.1, 0.15) is 15.9 Å². The van der Waals surface area contributed by atoms with Gasteiger partial charge in [-0.15, -0.1) is 0 Å². The summed E-state index contributed by atoms with van der Waals surface area (Å²) in [4.78, 5) is 12.8. The molecule has 0 fully saturated rings. The number of carbonyl (C=O) groups is 1. The third kappa shape index (κ3) is 3.11. The van der Waals surface area contributed by atoms with Crippen LogP contribution in [0.5, 0.6) is 5.75 Å². The number of ether oxygens (including phenoxy) is 1. The maximum Gasteiger partial charge on any atom is 0.238 e. The van der Waals surface area contributed by atoms with Crippen LogP contribution >= 0.6 is 0 Å². The van der Waals surface area contributed by atoms with Crippen LogP contribution < -0.4 is 9.88 Å². The maximum absolute atomic E-state index is 14.0. The Bertz CT molecular complexity index is 1090. The fraction of sp³-hybridized carbons (Fsp3) is 0.0556. The summed E-state index contributed by atoms with van der Waals surface area (Å²) < 4.78 is 42.3. The number of hydrogen-bond donors (Lipinski definition) is 1. The molecule has 2 N–H and O–H groups in total. The first-order valence-electron chi connectivity index (χ1n) is 7.25. The molecule has 0 aliphatic rings. The lowest BCUT2D eigenvalue weighted by molar-refractivity contribution is 0.103. The third-order valence-corrected chi connectivity index (χ3v) is 4.76. The van der Waals surface area contributed by atoms with Gasteiger partial charge in [-0.3, -0.25) is 4.79 Å². The number of ketones is 1. The number of carbonyl (C=O) groups excluding carboxylic acids is 1. The number of sulfonamides is 1. The van der Waals surface area contributed by atoms with Gasteiger partial charge in [0.1, 0.15) is 11.6 Å². The van der Waals surface area contributed by atoms with Crippen LogP contribution in [0.3, 0.4) is 0 Å². The molecule has 0 saturated heterocycles. The van der Waals surface area contributed by atoms with Gasteiger partial charge in [0.25, 0.3) is 0 Å². The Balaban J connectivity index is 2.29. The number of fused-ring (bicyclic) bond motifs is 1. The smallest absolute Gasteiger partial charge is 0.238 e. The highest BCUT2D eigenvalue weighted by molar-refractivity contribution is 7.89. The van der Waals surface area contributed by atoms with Crippen LogP contribution in [0.2, 0.25) is 0 Å². The average molecular weight is 359 g/mol. The van der Waals surface area contributed by atoms with Crippen LogP contribution in [-0.2, 0) is 10.0 Å². The summed E-state index contributed by atoms with van der Waals surface area (Å²) in [7, 11) is -2.48. The standard InChI is InChI=1S/C18H14FNO4S/c1-24-16-9-6-11-10-12(25(20,22)23)7-8-13(11)17(16)18(21)14-4-2-3-5-15(14)19/h2-10H,1H3,(H2,20,22,23). The van der Waals surface area contributed by atoms with E-state index in [1.54, 1.807) is 12.1 Å². The number of nitrogens with two attached hydrogens (primary N) is 1. The van der Waals surface area contributed by atoms with Crippen molar-refractivity contribution < 1.29 is 22.3 Å². The SMILES string of the molecule is COc1ccc2cc(S(N)(=O)=O)ccc2c1C(=O)c1ccccc1F. The summed E-state index contributed by atoms with van der Waals surface area (Å²) in [6.45, 7) is 0. The predicted molar refractivity (Wildman–Crippen MR) is 91.7 cm³/mol. The van der Waals surface area contributed by atoms with Gasteiger partial charge in [0, 0.05) is 0 Å². The van der Waals surface area contributed by atoms with Gasteiger partial charge in [-0.2, -0.15) is 0 Å². The first-order valence-corrected chi connectivity index (χ1v) is 8.80. The topological polar surface area (TPSA) is 86.5 Å². The lowest BCUT2D eigenvalue weighted by atomic mass is 9.96. The minimum atomic E-state index is -3.88. The second-order valence-corrected chi connectivity index (χ2v) is 6.94. The molecule has 0 radical (unpaired) electrons. The quantitative estimate of drug-likeness (QED) is 0.726. The van der Waals surface area contributed by atoms with Gasteiger partial charge in [0.15, 0.2) is 5.78 Å². The molecule has 128 valence electrons. The van der Waals surface area contributed by atoms with Crippen molar-refractivity contribution in [3.8, 4) is 5.75 Å². The molecule has 7 heteroatoms. The molecule has 0 saturated carbocycles. The first kappa shape index (κ1) is 17.1. The lowest BCUT2D eigenvalue weighted by Gasteiger charge is -2.12. The van der Waals surface area contributed by atoms with Crippen LogP contribution in [0.15, 0.2) is 59.5 Å². The predicted octanol–water partition coefficient (Wildman–Crippen LogP) is 2.87. The summed E-state index contributed by atoms with van der Waals surface area (Å²) in [5, 5.41) is 6.07. The molecule has 0 aliphatic heterocycles. The average Bonchev–Trinajstić information content (AvgIpc) is 2.59. The summed E-state index contributed by atoms with van der Waals surface area (Å²) in [5.74, 6) is -0.930. The highest BCUT2D eigenvalue weighted by Crippen LogP contribution is 2.32. The Morgan fingerprint density at radius 3 is 2.44 bits per heavy atom. The normalized spacial score (nSPS) is 11.5. The molecule has 5 nitrogen and oxygen atoms in total. The molecular formula is C18H14FNO4S. The highest BCUT2D eigenvalue weighted by atomic mass is 32.2. The van der Waals surface area contributed by atoms with Crippen molar-refractivity contribution in [1.82, 2.24) is 0 Å². The number of methoxy groups -OCH3 is 1. The summed E-state index contributed by atoms with van der Waals surface area (Å²) in [6, 6.07) is 12.9. The fourth-order valence-corrected chi connectivity index (χ4v) is 3.20. The molecule has 0 atom stereocenters. The van der Waals surface area contributed by atoms with E-state index in [0.717, 1.165) is 0 Å². The van der Waals surface area contributed by atoms with Crippen LogP contribution in [0.4, 0.5) is 4.39 Å². The Morgan fingerprint density at radius 2 is 1.80 bits per heavy atom. The summed E-state index contributed by atoms with van der Waals surface area (Å²) in [6.07, 6.45) is 0. The monoisotopic (exact) mass is 359 g/mol. The van der Waals surface area contributed by atoms with E-state index in [9.17, 15) is 17.6 Å². The fourth-order valence-electron chi connectivity index (χ4n) is 2.65. The van der Waals surface area contributed by atoms with Crippen molar-refractivity contribution in [2.24, 2.45) is 5.14 Å². The second-order valence-electron chi connectivity index (χ2n) is 5.38. The Labute approximate surface area is 143 Å². The van der Waals surface area contributed by atoms with Crippen molar-refractivity contribution in [2.75, 3.05) is 7.11 Å². The Kier molecular flexibility index (Phi) is 4.28. The van der Waals surface area contributed by atoms with Crippen LogP contribution in [0, 0.1) is 5.82 Å². The van der Waals surface area contributed by atoms with Gasteiger partial charge >= 0.3 is 0 Å². The number of rotatable bonds is 4. The highest BCUT2D eigenvalue weighted by Gasteiger charge is 2.21. The maximum atomic E-state index is 14.0. The minimum Gasteiger partial charge on any atom is -0.496 e. The van der Waals surface area contributed by atoms with Crippen LogP contribution in [0.25, 0.3) is 10.8 Å². The minimum absolute atomic E-state index is 0.0746. The number of hydrogen-bond acceptors (Lipinski definition) is 4. The van der Waals surface area contributed by atoms with Gasteiger partial charge in [-0.25, -0.2) is 17.9 Å². The van der Waals surface area contributed by atoms with Crippen molar-refractivity contribution >= 4 is 26.6 Å². The van der Waals surface area contributed by atoms with E-state index < -0.39 is 21.6 Å². The molecule has 0 bridgehead atoms. The van der Waals surface area contributed by atoms with Gasteiger partial charge in [-0.1, -0.05) is 24.3 Å². The van der Waals surface area contributed by atoms with E-state index in [0.29, 0.717) is 10.8 Å². The molecule has 0 heterocycles. The molecule has 0 amide bonds. The van der Waals surface area contributed by atoms with Crippen molar-refractivity contribution in [3.05, 3.63) is 71.5 Å². The molecule has 0 unspecified atom stereocenters. The van der Waals surface area contributed by atoms with E-state index in [2.05, 4.69) is 0 Å². The molecule has 25 heavy (non-hydrogen) atoms. The number of primary sulfonamides is 1. The molecule has 3 rings (SSSR count). The first-order chi connectivity index (χ1) is 11.8. The Hall–Kier alpha value is -2.77. The van der Waals surface area contributed by atoms with Gasteiger partial charge in [-0.05, 0) is 41.1 Å². The summed E-state index contributed by atoms with van der Waals surface area (Å²) >= 11 is 0. The van der Waals surface area contributed by atoms with E-state index in [-0.39, 0.29) is 21.8 Å². The van der Waals surface area contributed by atoms with Crippen molar-refractivity contribution in [2.45, 2.75) is 4.90 Å². The van der Waals surface area contributed by atoms with Gasteiger partial charge < -0.3 is 4.74 Å². The second kappa shape index (κ2) is 6.27. The van der Waals surface area contributed by atoms with E-state index in [4.69, 9.17) is 9.88 Å². The lowest BCUT2D eigenvalue weighted by Crippen LogP contribution is -2.12. The zero-order valence-electron chi connectivity index (χ0n) is 13.2. The zero-order valence-corrected chi connectivity index (χ0v) is 14.0. The molecular weight excluding hydrogens is 345 g/mol. The molecule has 0 spiro atoms. The number of halogens is 1. The largest absolute Gasteiger partial charge is 0.496 e. The van der Waals surface area contributed by atoms with E-state index in [1.807, 2.05) is 0 Å². The van der Waals surface area contributed by atoms with Crippen molar-refractivity contribution in [1.29, 1.82) is 0 Å². The van der Waals surface area contributed by atoms with Gasteiger partial charge in [0.05, 0.1) is 23.1 Å². The van der Waals surface area contributed by atoms with E-state index >= 15 is 0 Å². The zero-order chi connectivity index (χ0) is 18.2.